The van der Waals surface area contributed by atoms with Crippen LogP contribution in [-0.4, -0.2) is 20.8 Å². The Labute approximate surface area is 93.2 Å². The van der Waals surface area contributed by atoms with Gasteiger partial charge in [-0.25, -0.2) is 4.89 Å². The van der Waals surface area contributed by atoms with E-state index >= 15 is 0 Å². The largest absolute Gasteiger partial charge is 0.277 e. The molecule has 0 N–H and O–H groups in total. The molecule has 1 heterocycles. The fraction of sp³-hybridized carbons (Fsp3) is 0.400. The molecule has 0 unspecified atom stereocenters. The lowest BCUT2D eigenvalue weighted by Gasteiger charge is -2.17. The Morgan fingerprint density at radius 1 is 1.33 bits per heavy atom. The van der Waals surface area contributed by atoms with E-state index in [1.807, 2.05) is 17.2 Å². The van der Waals surface area contributed by atoms with E-state index < -0.39 is 0 Å². The van der Waals surface area contributed by atoms with E-state index in [-0.39, 0.29) is 0 Å². The fourth-order valence-electron chi connectivity index (χ4n) is 1.71. The Morgan fingerprint density at radius 3 is 2.93 bits per heavy atom. The number of hydrogen-bond acceptors (Lipinski definition) is 5. The summed E-state index contributed by atoms with van der Waals surface area (Å²) in [7, 11) is 3.16. The first-order valence-electron chi connectivity index (χ1n) is 4.67. The summed E-state index contributed by atoms with van der Waals surface area (Å²) in [5, 5.41) is 1.87. The number of nitrogens with zero attached hydrogens (tertiary/aromatic N) is 1. The number of hydrogen-bond donors (Lipinski definition) is 0. The Kier molecular flexibility index (Phi) is 3.48. The second-order valence-corrected chi connectivity index (χ2v) is 3.86. The molecule has 82 valence electrons. The maximum Gasteiger partial charge on any atom is 0.0829 e. The number of fused-ring (bicyclic) bond motifs is 1. The van der Waals surface area contributed by atoms with Gasteiger partial charge in [-0.1, -0.05) is 12.1 Å². The van der Waals surface area contributed by atoms with Gasteiger partial charge in [-0.15, -0.1) is 0 Å². The lowest BCUT2D eigenvalue weighted by atomic mass is 10.2. The second kappa shape index (κ2) is 4.85. The molecule has 1 aliphatic heterocycles. The smallest absolute Gasteiger partial charge is 0.0829 e. The van der Waals surface area contributed by atoms with E-state index in [9.17, 15) is 0 Å². The van der Waals surface area contributed by atoms with Crippen LogP contribution in [-0.2, 0) is 20.5 Å². The molecule has 2 rings (SSSR count). The lowest BCUT2D eigenvalue weighted by Crippen LogP contribution is -2.18. The molecule has 0 radical (unpaired) electrons. The third-order valence-corrected chi connectivity index (χ3v) is 3.04. The van der Waals surface area contributed by atoms with Crippen LogP contribution < -0.4 is 5.06 Å². The molecule has 0 atom stereocenters. The van der Waals surface area contributed by atoms with Crippen LogP contribution in [0.1, 0.15) is 5.56 Å². The zero-order valence-electron chi connectivity index (χ0n) is 8.73. The van der Waals surface area contributed by atoms with Crippen molar-refractivity contribution in [3.05, 3.63) is 23.8 Å². The molecule has 0 saturated carbocycles. The lowest BCUT2D eigenvalue weighted by molar-refractivity contribution is -0.160. The summed E-state index contributed by atoms with van der Waals surface area (Å²) in [5.74, 6) is 0. The zero-order valence-corrected chi connectivity index (χ0v) is 9.54. The van der Waals surface area contributed by atoms with Gasteiger partial charge in [0.1, 0.15) is 0 Å². The third kappa shape index (κ3) is 2.10. The fourth-order valence-corrected chi connectivity index (χ4v) is 2.29. The van der Waals surface area contributed by atoms with Gasteiger partial charge < -0.3 is 0 Å². The predicted octanol–water partition coefficient (Wildman–Crippen LogP) is 2.20. The highest BCUT2D eigenvalue weighted by atomic mass is 32.2. The highest BCUT2D eigenvalue weighted by molar-refractivity contribution is 7.94. The van der Waals surface area contributed by atoms with Crippen molar-refractivity contribution in [2.24, 2.45) is 0 Å². The molecule has 1 aliphatic rings. The molecule has 1 aromatic rings. The maximum absolute atomic E-state index is 5.28. The van der Waals surface area contributed by atoms with Gasteiger partial charge in [0.2, 0.25) is 0 Å². The van der Waals surface area contributed by atoms with Gasteiger partial charge in [0.25, 0.3) is 0 Å². The molecule has 0 bridgehead atoms. The highest BCUT2D eigenvalue weighted by Gasteiger charge is 2.22. The number of anilines is 1. The minimum absolute atomic E-state index is 0.885. The molecular weight excluding hydrogens is 214 g/mol. The molecular formula is C10H13NO3S. The summed E-state index contributed by atoms with van der Waals surface area (Å²) in [6.45, 7) is 0.885. The summed E-state index contributed by atoms with van der Waals surface area (Å²) in [5.41, 5.74) is 2.36. The normalized spacial score (nSPS) is 14.4. The van der Waals surface area contributed by atoms with E-state index in [0.717, 1.165) is 23.5 Å². The molecule has 0 amide bonds. The third-order valence-electron chi connectivity index (χ3n) is 2.33. The summed E-state index contributed by atoms with van der Waals surface area (Å²) >= 11 is 1.20. The standard InChI is InChI=1S/C10H13NO3S/c1-12-11-7-6-8-4-3-5-9(10(8)11)15-14-13-2/h3-5H,6-7H2,1-2H3. The monoisotopic (exact) mass is 227 g/mol. The molecule has 1 aromatic carbocycles. The van der Waals surface area contributed by atoms with Gasteiger partial charge >= 0.3 is 0 Å². The van der Waals surface area contributed by atoms with Crippen LogP contribution in [0.3, 0.4) is 0 Å². The topological polar surface area (TPSA) is 30.9 Å². The van der Waals surface area contributed by atoms with Crippen LogP contribution in [0.5, 0.6) is 0 Å². The van der Waals surface area contributed by atoms with Crippen molar-refractivity contribution in [2.75, 3.05) is 25.8 Å². The van der Waals surface area contributed by atoms with Gasteiger partial charge in [0.05, 0.1) is 36.8 Å². The van der Waals surface area contributed by atoms with E-state index in [4.69, 9.17) is 9.17 Å². The van der Waals surface area contributed by atoms with Crippen LogP contribution in [0.4, 0.5) is 5.69 Å². The first-order chi connectivity index (χ1) is 7.36. The van der Waals surface area contributed by atoms with Gasteiger partial charge in [-0.3, -0.25) is 9.90 Å². The van der Waals surface area contributed by atoms with Crippen molar-refractivity contribution in [1.82, 2.24) is 0 Å². The maximum atomic E-state index is 5.28. The number of para-hydroxylation sites is 1. The molecule has 0 spiro atoms. The van der Waals surface area contributed by atoms with Gasteiger partial charge in [-0.2, -0.15) is 4.33 Å². The minimum atomic E-state index is 0.885. The van der Waals surface area contributed by atoms with Crippen molar-refractivity contribution in [3.63, 3.8) is 0 Å². The summed E-state index contributed by atoms with van der Waals surface area (Å²) < 4.78 is 4.87. The molecule has 15 heavy (non-hydrogen) atoms. The van der Waals surface area contributed by atoms with E-state index in [1.165, 1.54) is 24.7 Å². The van der Waals surface area contributed by atoms with E-state index in [0.29, 0.717) is 0 Å². The quantitative estimate of drug-likeness (QED) is 0.447. The molecule has 0 fully saturated rings. The number of rotatable bonds is 4. The first-order valence-corrected chi connectivity index (χ1v) is 5.42. The van der Waals surface area contributed by atoms with Crippen molar-refractivity contribution >= 4 is 17.7 Å². The SMILES string of the molecule is COOSc1cccc2c1N(OC)CC2. The second-order valence-electron chi connectivity index (χ2n) is 3.12. The van der Waals surface area contributed by atoms with Crippen molar-refractivity contribution in [3.8, 4) is 0 Å². The van der Waals surface area contributed by atoms with E-state index in [2.05, 4.69) is 11.0 Å². The number of benzene rings is 1. The first kappa shape index (κ1) is 10.8. The average molecular weight is 227 g/mol. The van der Waals surface area contributed by atoms with Crippen LogP contribution in [0, 0.1) is 0 Å². The summed E-state index contributed by atoms with van der Waals surface area (Å²) in [6, 6.07) is 6.10. The highest BCUT2D eigenvalue weighted by Crippen LogP contribution is 2.37. The summed E-state index contributed by atoms with van der Waals surface area (Å²) in [4.78, 5) is 10.9. The Morgan fingerprint density at radius 2 is 2.20 bits per heavy atom. The van der Waals surface area contributed by atoms with Crippen molar-refractivity contribution in [1.29, 1.82) is 0 Å². The van der Waals surface area contributed by atoms with Crippen LogP contribution in [0.25, 0.3) is 0 Å². The predicted molar refractivity (Wildman–Crippen MR) is 58.5 cm³/mol. The van der Waals surface area contributed by atoms with Gasteiger partial charge in [0.15, 0.2) is 0 Å². The van der Waals surface area contributed by atoms with Crippen molar-refractivity contribution < 1.29 is 14.1 Å². The van der Waals surface area contributed by atoms with E-state index in [1.54, 1.807) is 7.11 Å². The molecule has 4 nitrogen and oxygen atoms in total. The molecule has 0 aliphatic carbocycles. The molecule has 0 aromatic heterocycles. The van der Waals surface area contributed by atoms with Gasteiger partial charge in [0, 0.05) is 6.54 Å². The van der Waals surface area contributed by atoms with Gasteiger partial charge in [-0.05, 0) is 18.1 Å². The minimum Gasteiger partial charge on any atom is -0.277 e. The molecule has 0 saturated heterocycles. The van der Waals surface area contributed by atoms with Crippen LogP contribution >= 0.6 is 12.0 Å². The summed E-state index contributed by atoms with van der Waals surface area (Å²) in [6.07, 6.45) is 1.00. The van der Waals surface area contributed by atoms with Crippen molar-refractivity contribution in [2.45, 2.75) is 11.3 Å². The molecule has 5 heteroatoms. The Balaban J connectivity index is 2.27. The Bertz CT molecular complexity index is 345. The Hall–Kier alpha value is -0.750. The average Bonchev–Trinajstić information content (AvgIpc) is 2.69. The number of hydroxylamine groups is 1. The van der Waals surface area contributed by atoms with Crippen LogP contribution in [0.15, 0.2) is 23.1 Å². The zero-order chi connectivity index (χ0) is 10.7. The van der Waals surface area contributed by atoms with Crippen LogP contribution in [0.2, 0.25) is 0 Å².